The molecule has 26 heavy (non-hydrogen) atoms. The number of para-hydroxylation sites is 1. The van der Waals surface area contributed by atoms with Crippen molar-refractivity contribution in [1.82, 2.24) is 5.06 Å². The number of rotatable bonds is 4. The van der Waals surface area contributed by atoms with Crippen molar-refractivity contribution in [3.8, 4) is 0 Å². The lowest BCUT2D eigenvalue weighted by Crippen LogP contribution is -2.61. The molecule has 1 aliphatic heterocycles. The molecule has 9 heteroatoms. The van der Waals surface area contributed by atoms with Crippen molar-refractivity contribution in [2.45, 2.75) is 45.3 Å². The highest BCUT2D eigenvalue weighted by atomic mass is 16.6. The molecule has 0 fully saturated rings. The first-order chi connectivity index (χ1) is 12.0. The molecule has 2 N–H and O–H groups in total. The highest BCUT2D eigenvalue weighted by Crippen LogP contribution is 2.33. The third kappa shape index (κ3) is 3.52. The van der Waals surface area contributed by atoms with Gasteiger partial charge < -0.3 is 9.84 Å². The first-order valence-corrected chi connectivity index (χ1v) is 7.88. The molecule has 1 aliphatic rings. The Morgan fingerprint density at radius 3 is 2.35 bits per heavy atom. The summed E-state index contributed by atoms with van der Waals surface area (Å²) in [6.45, 7) is 6.11. The maximum absolute atomic E-state index is 13.0. The molecule has 0 aromatic heterocycles. The normalized spacial score (nSPS) is 20.0. The second-order valence-electron chi connectivity index (χ2n) is 6.86. The third-order valence-electron chi connectivity index (χ3n) is 3.73. The molecule has 1 unspecified atom stereocenters. The minimum Gasteiger partial charge on any atom is -0.481 e. The number of aliphatic carboxylic acids is 1. The number of hydrazone groups is 1. The maximum atomic E-state index is 13.0. The molecule has 1 aromatic rings. The molecule has 1 atom stereocenters. The van der Waals surface area contributed by atoms with Crippen molar-refractivity contribution in [3.63, 3.8) is 0 Å². The van der Waals surface area contributed by atoms with Gasteiger partial charge in [-0.2, -0.15) is 15.2 Å². The zero-order valence-electron chi connectivity index (χ0n) is 15.0. The van der Waals surface area contributed by atoms with Crippen molar-refractivity contribution >= 4 is 29.4 Å². The number of carbonyl (C=O) groups excluding carboxylic acids is 2. The molecule has 1 heterocycles. The van der Waals surface area contributed by atoms with Crippen molar-refractivity contribution in [3.05, 3.63) is 30.3 Å². The Kier molecular flexibility index (Phi) is 5.04. The second kappa shape index (κ2) is 6.75. The third-order valence-corrected chi connectivity index (χ3v) is 3.73. The molecule has 0 spiro atoms. The van der Waals surface area contributed by atoms with Gasteiger partial charge in [0.1, 0.15) is 5.60 Å². The van der Waals surface area contributed by atoms with E-state index in [4.69, 9.17) is 4.74 Å². The SMILES string of the molecule is CC1=NN(c2ccccc2)C(=O)C1(CC(=O)O)N(O)C(=O)OC(C)(C)C. The van der Waals surface area contributed by atoms with E-state index in [-0.39, 0.29) is 10.8 Å². The van der Waals surface area contributed by atoms with Crippen LogP contribution in [0.25, 0.3) is 0 Å². The number of carboxylic acid groups (broad SMARTS) is 1. The largest absolute Gasteiger partial charge is 0.481 e. The lowest BCUT2D eigenvalue weighted by atomic mass is 9.89. The van der Waals surface area contributed by atoms with Crippen LogP contribution in [0.4, 0.5) is 10.5 Å². The summed E-state index contributed by atoms with van der Waals surface area (Å²) in [4.78, 5) is 36.7. The van der Waals surface area contributed by atoms with Crippen LogP contribution >= 0.6 is 0 Å². The number of nitrogens with zero attached hydrogens (tertiary/aromatic N) is 3. The van der Waals surface area contributed by atoms with E-state index in [1.54, 1.807) is 51.1 Å². The lowest BCUT2D eigenvalue weighted by Gasteiger charge is -2.34. The average Bonchev–Trinajstić information content (AvgIpc) is 2.78. The van der Waals surface area contributed by atoms with Crippen LogP contribution < -0.4 is 5.01 Å². The number of carboxylic acids is 1. The standard InChI is InChI=1S/C17H21N3O6/c1-11-17(10-13(21)22,20(25)15(24)26-16(2,3)4)14(23)19(18-11)12-8-6-5-7-9-12/h5-9,25H,10H2,1-4H3,(H,21,22). The molecule has 2 amide bonds. The average molecular weight is 363 g/mol. The van der Waals surface area contributed by atoms with Crippen LogP contribution in [0.2, 0.25) is 0 Å². The number of hydroxylamine groups is 2. The molecule has 0 saturated carbocycles. The first-order valence-electron chi connectivity index (χ1n) is 7.88. The fraction of sp³-hybridized carbons (Fsp3) is 0.412. The highest BCUT2D eigenvalue weighted by Gasteiger charge is 2.58. The van der Waals surface area contributed by atoms with E-state index in [1.165, 1.54) is 6.92 Å². The summed E-state index contributed by atoms with van der Waals surface area (Å²) in [7, 11) is 0. The number of benzene rings is 1. The molecular formula is C17H21N3O6. The molecule has 0 radical (unpaired) electrons. The summed E-state index contributed by atoms with van der Waals surface area (Å²) in [5.41, 5.74) is -2.80. The molecular weight excluding hydrogens is 342 g/mol. The molecule has 0 aliphatic carbocycles. The fourth-order valence-electron chi connectivity index (χ4n) is 2.55. The van der Waals surface area contributed by atoms with E-state index < -0.39 is 35.5 Å². The van der Waals surface area contributed by atoms with Crippen LogP contribution in [0, 0.1) is 0 Å². The van der Waals surface area contributed by atoms with E-state index >= 15 is 0 Å². The minimum absolute atomic E-state index is 0.0243. The number of hydrogen-bond donors (Lipinski definition) is 2. The predicted octanol–water partition coefficient (Wildman–Crippen LogP) is 2.25. The van der Waals surface area contributed by atoms with Crippen LogP contribution in [0.3, 0.4) is 0 Å². The summed E-state index contributed by atoms with van der Waals surface area (Å²) in [6.07, 6.45) is -2.10. The van der Waals surface area contributed by atoms with Gasteiger partial charge in [-0.15, -0.1) is 0 Å². The summed E-state index contributed by atoms with van der Waals surface area (Å²) in [6, 6.07) is 8.29. The van der Waals surface area contributed by atoms with Crippen LogP contribution in [0.15, 0.2) is 35.4 Å². The van der Waals surface area contributed by atoms with Crippen LogP contribution in [-0.4, -0.2) is 50.2 Å². The number of carbonyl (C=O) groups is 3. The highest BCUT2D eigenvalue weighted by molar-refractivity contribution is 6.24. The van der Waals surface area contributed by atoms with Crippen LogP contribution in [-0.2, 0) is 14.3 Å². The van der Waals surface area contributed by atoms with Gasteiger partial charge in [-0.25, -0.2) is 4.79 Å². The first kappa shape index (κ1) is 19.4. The monoisotopic (exact) mass is 363 g/mol. The summed E-state index contributed by atoms with van der Waals surface area (Å²) < 4.78 is 5.07. The summed E-state index contributed by atoms with van der Waals surface area (Å²) >= 11 is 0. The van der Waals surface area contributed by atoms with Gasteiger partial charge in [-0.1, -0.05) is 18.2 Å². The van der Waals surface area contributed by atoms with Crippen molar-refractivity contribution in [2.75, 3.05) is 5.01 Å². The molecule has 140 valence electrons. The molecule has 9 nitrogen and oxygen atoms in total. The Hall–Kier alpha value is -2.94. The van der Waals surface area contributed by atoms with Crippen molar-refractivity contribution in [1.29, 1.82) is 0 Å². The van der Waals surface area contributed by atoms with E-state index in [2.05, 4.69) is 5.10 Å². The summed E-state index contributed by atoms with van der Waals surface area (Å²) in [5, 5.41) is 24.8. The molecule has 1 aromatic carbocycles. The topological polar surface area (TPSA) is 120 Å². The van der Waals surface area contributed by atoms with Crippen LogP contribution in [0.5, 0.6) is 0 Å². The van der Waals surface area contributed by atoms with Gasteiger partial charge >= 0.3 is 12.1 Å². The minimum atomic E-state index is -2.19. The zero-order valence-corrected chi connectivity index (χ0v) is 15.0. The van der Waals surface area contributed by atoms with Crippen molar-refractivity contribution < 1.29 is 29.4 Å². The number of hydrogen-bond acceptors (Lipinski definition) is 6. The number of ether oxygens (including phenoxy) is 1. The van der Waals surface area contributed by atoms with Gasteiger partial charge in [0, 0.05) is 0 Å². The Bertz CT molecular complexity index is 756. The Morgan fingerprint density at radius 2 is 1.85 bits per heavy atom. The quantitative estimate of drug-likeness (QED) is 0.625. The Labute approximate surface area is 150 Å². The molecule has 2 rings (SSSR count). The second-order valence-corrected chi connectivity index (χ2v) is 6.86. The Morgan fingerprint density at radius 1 is 1.27 bits per heavy atom. The van der Waals surface area contributed by atoms with Crippen LogP contribution in [0.1, 0.15) is 34.1 Å². The zero-order chi connectivity index (χ0) is 19.7. The van der Waals surface area contributed by atoms with E-state index in [1.807, 2.05) is 0 Å². The van der Waals surface area contributed by atoms with Gasteiger partial charge in [0.05, 0.1) is 17.8 Å². The Balaban J connectivity index is 2.47. The molecule has 0 saturated heterocycles. The lowest BCUT2D eigenvalue weighted by molar-refractivity contribution is -0.165. The van der Waals surface area contributed by atoms with E-state index in [0.29, 0.717) is 5.69 Å². The number of anilines is 1. The van der Waals surface area contributed by atoms with Crippen molar-refractivity contribution in [2.24, 2.45) is 5.10 Å². The maximum Gasteiger partial charge on any atom is 0.435 e. The van der Waals surface area contributed by atoms with Gasteiger partial charge in [-0.3, -0.25) is 14.8 Å². The van der Waals surface area contributed by atoms with Gasteiger partial charge in [-0.05, 0) is 39.8 Å². The van der Waals surface area contributed by atoms with Gasteiger partial charge in [0.25, 0.3) is 5.91 Å². The van der Waals surface area contributed by atoms with Gasteiger partial charge in [0.2, 0.25) is 5.54 Å². The molecule has 0 bridgehead atoms. The summed E-state index contributed by atoms with van der Waals surface area (Å²) in [5.74, 6) is -2.25. The number of amides is 2. The van der Waals surface area contributed by atoms with E-state index in [9.17, 15) is 24.7 Å². The fourth-order valence-corrected chi connectivity index (χ4v) is 2.55. The van der Waals surface area contributed by atoms with E-state index in [0.717, 1.165) is 5.01 Å². The smallest absolute Gasteiger partial charge is 0.435 e. The predicted molar refractivity (Wildman–Crippen MR) is 91.9 cm³/mol. The van der Waals surface area contributed by atoms with Gasteiger partial charge in [0.15, 0.2) is 0 Å².